The van der Waals surface area contributed by atoms with E-state index in [1.165, 1.54) is 12.8 Å². The Morgan fingerprint density at radius 3 is 2.16 bits per heavy atom. The molecule has 9 heteroatoms. The summed E-state index contributed by atoms with van der Waals surface area (Å²) >= 11 is 0. The second-order valence-electron chi connectivity index (χ2n) is 8.44. The van der Waals surface area contributed by atoms with Crippen LogP contribution in [0.2, 0.25) is 0 Å². The van der Waals surface area contributed by atoms with Gasteiger partial charge in [-0.25, -0.2) is 8.78 Å². The maximum absolute atomic E-state index is 13.6. The van der Waals surface area contributed by atoms with E-state index in [1.807, 2.05) is 4.90 Å². The van der Waals surface area contributed by atoms with Crippen LogP contribution in [-0.4, -0.2) is 84.8 Å². The van der Waals surface area contributed by atoms with Crippen molar-refractivity contribution in [1.29, 1.82) is 0 Å². The van der Waals surface area contributed by atoms with Gasteiger partial charge in [0.25, 0.3) is 5.91 Å². The van der Waals surface area contributed by atoms with Gasteiger partial charge in [-0.3, -0.25) is 19.3 Å². The number of benzene rings is 1. The first-order valence-electron chi connectivity index (χ1n) is 11.4. The highest BCUT2D eigenvalue weighted by atomic mass is 19.1. The van der Waals surface area contributed by atoms with Gasteiger partial charge in [-0.05, 0) is 31.4 Å². The molecule has 2 heterocycles. The molecule has 7 nitrogen and oxygen atoms in total. The number of piperazine rings is 1. The minimum atomic E-state index is -0.911. The molecule has 0 atom stereocenters. The van der Waals surface area contributed by atoms with E-state index in [0.29, 0.717) is 45.2 Å². The van der Waals surface area contributed by atoms with Crippen LogP contribution in [0, 0.1) is 11.6 Å². The molecule has 2 saturated heterocycles. The van der Waals surface area contributed by atoms with Gasteiger partial charge in [-0.15, -0.1) is 0 Å². The highest BCUT2D eigenvalue weighted by Crippen LogP contribution is 2.12. The number of carbonyl (C=O) groups excluding carboxylic acids is 3. The number of amides is 3. The fourth-order valence-corrected chi connectivity index (χ4v) is 4.14. The van der Waals surface area contributed by atoms with E-state index in [4.69, 9.17) is 0 Å². The van der Waals surface area contributed by atoms with Gasteiger partial charge in [-0.2, -0.15) is 0 Å². The molecule has 0 bridgehead atoms. The maximum atomic E-state index is 13.6. The molecule has 176 valence electrons. The molecule has 0 radical (unpaired) electrons. The zero-order valence-corrected chi connectivity index (χ0v) is 18.5. The largest absolute Gasteiger partial charge is 0.352 e. The third-order valence-electron chi connectivity index (χ3n) is 6.07. The van der Waals surface area contributed by atoms with Crippen molar-refractivity contribution in [3.8, 4) is 0 Å². The lowest BCUT2D eigenvalue weighted by Crippen LogP contribution is -2.51. The summed E-state index contributed by atoms with van der Waals surface area (Å²) in [5, 5.41) is 2.56. The Hall–Kier alpha value is -2.55. The SMILES string of the molecule is O=C(NCCCC(=O)N1CCN(CC(=O)N2CCCCCC2)CC1)c1ccc(F)cc1F. The second-order valence-corrected chi connectivity index (χ2v) is 8.44. The predicted octanol–water partition coefficient (Wildman–Crippen LogP) is 2.02. The Bertz CT molecular complexity index is 804. The standard InChI is InChI=1S/C23H32F2N4O3/c24-18-7-8-19(20(25)16-18)23(32)26-9-5-6-21(30)29-14-12-27(13-15-29)17-22(31)28-10-3-1-2-4-11-28/h7-8,16H,1-6,9-15,17H2,(H,26,32). The van der Waals surface area contributed by atoms with E-state index >= 15 is 0 Å². The highest BCUT2D eigenvalue weighted by molar-refractivity contribution is 5.94. The number of hydrogen-bond donors (Lipinski definition) is 1. The van der Waals surface area contributed by atoms with E-state index < -0.39 is 17.5 Å². The van der Waals surface area contributed by atoms with Gasteiger partial charge in [0.1, 0.15) is 11.6 Å². The first kappa shape index (κ1) is 24.1. The van der Waals surface area contributed by atoms with Crippen molar-refractivity contribution in [3.63, 3.8) is 0 Å². The van der Waals surface area contributed by atoms with E-state index in [0.717, 1.165) is 38.1 Å². The van der Waals surface area contributed by atoms with Crippen molar-refractivity contribution in [2.75, 3.05) is 52.4 Å². The van der Waals surface area contributed by atoms with Crippen molar-refractivity contribution in [3.05, 3.63) is 35.4 Å². The van der Waals surface area contributed by atoms with Crippen molar-refractivity contribution in [2.45, 2.75) is 38.5 Å². The summed E-state index contributed by atoms with van der Waals surface area (Å²) in [4.78, 5) is 42.8. The summed E-state index contributed by atoms with van der Waals surface area (Å²) in [6.07, 6.45) is 5.25. The zero-order chi connectivity index (χ0) is 22.9. The Balaban J connectivity index is 1.32. The molecule has 0 unspecified atom stereocenters. The predicted molar refractivity (Wildman–Crippen MR) is 116 cm³/mol. The topological polar surface area (TPSA) is 73.0 Å². The van der Waals surface area contributed by atoms with Gasteiger partial charge in [0.05, 0.1) is 12.1 Å². The fourth-order valence-electron chi connectivity index (χ4n) is 4.14. The molecule has 2 fully saturated rings. The van der Waals surface area contributed by atoms with Crippen LogP contribution in [0.25, 0.3) is 0 Å². The van der Waals surface area contributed by atoms with Gasteiger partial charge >= 0.3 is 0 Å². The number of nitrogens with one attached hydrogen (secondary N) is 1. The van der Waals surface area contributed by atoms with Crippen LogP contribution in [0.1, 0.15) is 48.9 Å². The molecule has 0 aromatic heterocycles. The van der Waals surface area contributed by atoms with Crippen molar-refractivity contribution in [1.82, 2.24) is 20.0 Å². The van der Waals surface area contributed by atoms with E-state index in [9.17, 15) is 23.2 Å². The van der Waals surface area contributed by atoms with Gasteiger partial charge in [0.15, 0.2) is 0 Å². The molecule has 0 spiro atoms. The molecular formula is C23H32F2N4O3. The van der Waals surface area contributed by atoms with Crippen molar-refractivity contribution < 1.29 is 23.2 Å². The van der Waals surface area contributed by atoms with Crippen molar-refractivity contribution >= 4 is 17.7 Å². The van der Waals surface area contributed by atoms with Crippen LogP contribution in [0.4, 0.5) is 8.78 Å². The lowest BCUT2D eigenvalue weighted by molar-refractivity contribution is -0.135. The summed E-state index contributed by atoms with van der Waals surface area (Å²) in [5.41, 5.74) is -0.219. The lowest BCUT2D eigenvalue weighted by Gasteiger charge is -2.35. The summed E-state index contributed by atoms with van der Waals surface area (Å²) < 4.78 is 26.6. The monoisotopic (exact) mass is 450 g/mol. The van der Waals surface area contributed by atoms with Crippen LogP contribution in [-0.2, 0) is 9.59 Å². The third kappa shape index (κ3) is 6.98. The quantitative estimate of drug-likeness (QED) is 0.646. The van der Waals surface area contributed by atoms with Gasteiger partial charge in [0, 0.05) is 58.3 Å². The first-order chi connectivity index (χ1) is 15.4. The first-order valence-corrected chi connectivity index (χ1v) is 11.4. The number of carbonyl (C=O) groups is 3. The Kier molecular flexibility index (Phi) is 8.96. The maximum Gasteiger partial charge on any atom is 0.254 e. The average Bonchev–Trinajstić information content (AvgIpc) is 3.06. The molecule has 1 aromatic carbocycles. The second kappa shape index (κ2) is 11.9. The lowest BCUT2D eigenvalue weighted by atomic mass is 10.2. The number of likely N-dealkylation sites (tertiary alicyclic amines) is 1. The average molecular weight is 451 g/mol. The molecule has 0 aliphatic carbocycles. The number of rotatable bonds is 7. The Morgan fingerprint density at radius 1 is 0.844 bits per heavy atom. The Morgan fingerprint density at radius 2 is 1.50 bits per heavy atom. The molecule has 0 saturated carbocycles. The molecule has 1 aromatic rings. The molecular weight excluding hydrogens is 418 g/mol. The summed E-state index contributed by atoms with van der Waals surface area (Å²) in [5.74, 6) is -2.09. The molecule has 2 aliphatic heterocycles. The summed E-state index contributed by atoms with van der Waals surface area (Å²) in [6.45, 7) is 4.85. The number of hydrogen-bond acceptors (Lipinski definition) is 4. The molecule has 1 N–H and O–H groups in total. The van der Waals surface area contributed by atoms with E-state index in [2.05, 4.69) is 10.2 Å². The van der Waals surface area contributed by atoms with Gasteiger partial charge < -0.3 is 15.1 Å². The normalized spacial score (nSPS) is 17.7. The smallest absolute Gasteiger partial charge is 0.254 e. The fraction of sp³-hybridized carbons (Fsp3) is 0.609. The highest BCUT2D eigenvalue weighted by Gasteiger charge is 2.24. The van der Waals surface area contributed by atoms with Crippen LogP contribution in [0.5, 0.6) is 0 Å². The molecule has 32 heavy (non-hydrogen) atoms. The van der Waals surface area contributed by atoms with Crippen molar-refractivity contribution in [2.24, 2.45) is 0 Å². The third-order valence-corrected chi connectivity index (χ3v) is 6.07. The van der Waals surface area contributed by atoms with Crippen LogP contribution < -0.4 is 5.32 Å². The summed E-state index contributed by atoms with van der Waals surface area (Å²) in [7, 11) is 0. The van der Waals surface area contributed by atoms with Crippen LogP contribution in [0.3, 0.4) is 0 Å². The van der Waals surface area contributed by atoms with Gasteiger partial charge in [-0.1, -0.05) is 12.8 Å². The van der Waals surface area contributed by atoms with E-state index in [-0.39, 0.29) is 30.3 Å². The van der Waals surface area contributed by atoms with E-state index in [1.54, 1.807) is 4.90 Å². The minimum Gasteiger partial charge on any atom is -0.352 e. The van der Waals surface area contributed by atoms with Gasteiger partial charge in [0.2, 0.25) is 11.8 Å². The zero-order valence-electron chi connectivity index (χ0n) is 18.5. The minimum absolute atomic E-state index is 0.00528. The molecule has 2 aliphatic rings. The number of nitrogens with zero attached hydrogens (tertiary/aromatic N) is 3. The van der Waals surface area contributed by atoms with Crippen LogP contribution in [0.15, 0.2) is 18.2 Å². The Labute approximate surface area is 187 Å². The van der Waals surface area contributed by atoms with Crippen LogP contribution >= 0.6 is 0 Å². The molecule has 3 amide bonds. The number of halogens is 2. The molecule has 3 rings (SSSR count). The summed E-state index contributed by atoms with van der Waals surface area (Å²) in [6, 6.07) is 2.80.